The average Bonchev–Trinajstić information content (AvgIpc) is 2.29. The minimum atomic E-state index is -0.486. The Kier molecular flexibility index (Phi) is 2.53. The van der Waals surface area contributed by atoms with Crippen LogP contribution in [0.1, 0.15) is 25.3 Å². The van der Waals surface area contributed by atoms with E-state index in [1.54, 1.807) is 19.1 Å². The number of nitrogens with one attached hydrogen (secondary N) is 1. The van der Waals surface area contributed by atoms with Crippen LogP contribution in [0.5, 0.6) is 5.75 Å². The first kappa shape index (κ1) is 10.5. The first-order chi connectivity index (χ1) is 7.61. The maximum Gasteiger partial charge on any atom is 0.265 e. The fraction of sp³-hybridized carbons (Fsp3) is 0.333. The molecule has 16 heavy (non-hydrogen) atoms. The molecule has 1 amide bonds. The van der Waals surface area contributed by atoms with Crippen LogP contribution in [-0.4, -0.2) is 12.0 Å². The van der Waals surface area contributed by atoms with E-state index in [0.29, 0.717) is 11.4 Å². The summed E-state index contributed by atoms with van der Waals surface area (Å²) in [5, 5.41) is 11.6. The number of carbonyl (C=O) groups is 1. The predicted molar refractivity (Wildman–Crippen MR) is 59.2 cm³/mol. The Morgan fingerprint density at radius 3 is 3.00 bits per heavy atom. The number of nitriles is 1. The van der Waals surface area contributed by atoms with Crippen LogP contribution in [-0.2, 0) is 4.79 Å². The third-order valence-corrected chi connectivity index (χ3v) is 2.63. The second-order valence-electron chi connectivity index (χ2n) is 3.86. The molecule has 1 N–H and O–H groups in total. The number of nitrogens with zero attached hydrogens (tertiary/aromatic N) is 1. The summed E-state index contributed by atoms with van der Waals surface area (Å²) in [6.07, 6.45) is -0.486. The summed E-state index contributed by atoms with van der Waals surface area (Å²) in [6.45, 7) is 3.52. The summed E-state index contributed by atoms with van der Waals surface area (Å²) in [4.78, 5) is 11.3. The van der Waals surface area contributed by atoms with Crippen molar-refractivity contribution in [1.82, 2.24) is 0 Å². The molecule has 0 fully saturated rings. The number of rotatable bonds is 1. The lowest BCUT2D eigenvalue weighted by molar-refractivity contribution is -0.122. The largest absolute Gasteiger partial charge is 0.479 e. The highest BCUT2D eigenvalue weighted by Crippen LogP contribution is 2.32. The van der Waals surface area contributed by atoms with Gasteiger partial charge < -0.3 is 10.1 Å². The molecule has 1 aliphatic rings. The molecule has 0 aromatic heterocycles. The van der Waals surface area contributed by atoms with Crippen molar-refractivity contribution in [3.05, 3.63) is 23.8 Å². The molecule has 82 valence electrons. The van der Waals surface area contributed by atoms with Gasteiger partial charge in [0.25, 0.3) is 5.91 Å². The highest BCUT2D eigenvalue weighted by molar-refractivity contribution is 5.97. The number of amides is 1. The van der Waals surface area contributed by atoms with Crippen molar-refractivity contribution in [3.63, 3.8) is 0 Å². The Bertz CT molecular complexity index is 476. The minimum absolute atomic E-state index is 0.145. The van der Waals surface area contributed by atoms with Crippen molar-refractivity contribution in [3.8, 4) is 11.8 Å². The van der Waals surface area contributed by atoms with E-state index in [0.717, 1.165) is 5.56 Å². The molecule has 0 bridgehead atoms. The number of fused-ring (bicyclic) bond motifs is 1. The number of hydrogen-bond acceptors (Lipinski definition) is 3. The van der Waals surface area contributed by atoms with E-state index in [1.165, 1.54) is 0 Å². The lowest BCUT2D eigenvalue weighted by Gasteiger charge is -2.23. The zero-order chi connectivity index (χ0) is 11.7. The van der Waals surface area contributed by atoms with Gasteiger partial charge in [0.05, 0.1) is 17.7 Å². The fourth-order valence-corrected chi connectivity index (χ4v) is 1.56. The Morgan fingerprint density at radius 1 is 1.56 bits per heavy atom. The molecular formula is C12H12N2O2. The molecule has 1 aromatic carbocycles. The number of hydrogen-bond donors (Lipinski definition) is 1. The van der Waals surface area contributed by atoms with E-state index in [9.17, 15) is 4.79 Å². The average molecular weight is 216 g/mol. The van der Waals surface area contributed by atoms with Crippen LogP contribution in [0.25, 0.3) is 0 Å². The molecule has 4 nitrogen and oxygen atoms in total. The summed E-state index contributed by atoms with van der Waals surface area (Å²) in [5.41, 5.74) is 1.56. The molecular weight excluding hydrogens is 204 g/mol. The van der Waals surface area contributed by atoms with Crippen molar-refractivity contribution < 1.29 is 9.53 Å². The first-order valence-electron chi connectivity index (χ1n) is 5.13. The highest BCUT2D eigenvalue weighted by Gasteiger charge is 2.23. The summed E-state index contributed by atoms with van der Waals surface area (Å²) >= 11 is 0. The summed E-state index contributed by atoms with van der Waals surface area (Å²) < 4.78 is 5.46. The lowest BCUT2D eigenvalue weighted by Crippen LogP contribution is -2.34. The Morgan fingerprint density at radius 2 is 2.31 bits per heavy atom. The van der Waals surface area contributed by atoms with E-state index in [-0.39, 0.29) is 11.8 Å². The van der Waals surface area contributed by atoms with Gasteiger partial charge in [-0.3, -0.25) is 4.79 Å². The molecule has 1 aromatic rings. The quantitative estimate of drug-likeness (QED) is 0.781. The maximum absolute atomic E-state index is 11.3. The van der Waals surface area contributed by atoms with Crippen molar-refractivity contribution in [2.24, 2.45) is 0 Å². The van der Waals surface area contributed by atoms with Crippen LogP contribution in [0.4, 0.5) is 5.69 Å². The van der Waals surface area contributed by atoms with E-state index >= 15 is 0 Å². The molecule has 4 heteroatoms. The molecule has 1 aliphatic heterocycles. The second kappa shape index (κ2) is 3.86. The number of carbonyl (C=O) groups excluding carboxylic acids is 1. The van der Waals surface area contributed by atoms with Crippen molar-refractivity contribution >= 4 is 11.6 Å². The molecule has 1 heterocycles. The summed E-state index contributed by atoms with van der Waals surface area (Å²) in [7, 11) is 0. The highest BCUT2D eigenvalue weighted by atomic mass is 16.5. The molecule has 2 rings (SSSR count). The van der Waals surface area contributed by atoms with Crippen LogP contribution in [0.3, 0.4) is 0 Å². The van der Waals surface area contributed by atoms with Gasteiger partial charge in [0, 0.05) is 0 Å². The zero-order valence-corrected chi connectivity index (χ0v) is 9.15. The number of benzene rings is 1. The van der Waals surface area contributed by atoms with Crippen LogP contribution >= 0.6 is 0 Å². The van der Waals surface area contributed by atoms with Gasteiger partial charge in [0.1, 0.15) is 5.75 Å². The molecule has 2 atom stereocenters. The lowest BCUT2D eigenvalue weighted by atomic mass is 10.0. The van der Waals surface area contributed by atoms with Gasteiger partial charge in [-0.15, -0.1) is 0 Å². The van der Waals surface area contributed by atoms with Gasteiger partial charge in [-0.1, -0.05) is 6.07 Å². The van der Waals surface area contributed by atoms with Crippen molar-refractivity contribution in [2.75, 3.05) is 5.32 Å². The second-order valence-corrected chi connectivity index (χ2v) is 3.86. The maximum atomic E-state index is 11.3. The molecule has 0 radical (unpaired) electrons. The zero-order valence-electron chi connectivity index (χ0n) is 9.15. The van der Waals surface area contributed by atoms with Crippen molar-refractivity contribution in [2.45, 2.75) is 25.9 Å². The van der Waals surface area contributed by atoms with E-state index in [1.807, 2.05) is 13.0 Å². The van der Waals surface area contributed by atoms with E-state index < -0.39 is 6.10 Å². The molecule has 2 unspecified atom stereocenters. The third-order valence-electron chi connectivity index (χ3n) is 2.63. The SMILES string of the molecule is CC1Oc2cc(C(C)C#N)ccc2NC1=O. The van der Waals surface area contributed by atoms with Crippen LogP contribution in [0.2, 0.25) is 0 Å². The third kappa shape index (κ3) is 1.72. The summed E-state index contributed by atoms with van der Waals surface area (Å²) in [5.74, 6) is 0.308. The molecule has 0 saturated carbocycles. The first-order valence-corrected chi connectivity index (χ1v) is 5.13. The van der Waals surface area contributed by atoms with Gasteiger partial charge in [-0.2, -0.15) is 5.26 Å². The Labute approximate surface area is 93.8 Å². The number of anilines is 1. The number of ether oxygens (including phenoxy) is 1. The predicted octanol–water partition coefficient (Wildman–Crippen LogP) is 2.03. The standard InChI is InChI=1S/C12H12N2O2/c1-7(6-13)9-3-4-10-11(5-9)16-8(2)12(15)14-10/h3-5,7-8H,1-2H3,(H,14,15). The van der Waals surface area contributed by atoms with E-state index in [4.69, 9.17) is 10.00 Å². The van der Waals surface area contributed by atoms with Gasteiger partial charge in [0.15, 0.2) is 6.10 Å². The minimum Gasteiger partial charge on any atom is -0.479 e. The Balaban J connectivity index is 2.37. The monoisotopic (exact) mass is 216 g/mol. The molecule has 0 spiro atoms. The topological polar surface area (TPSA) is 62.1 Å². The molecule has 0 aliphatic carbocycles. The van der Waals surface area contributed by atoms with Crippen molar-refractivity contribution in [1.29, 1.82) is 5.26 Å². The van der Waals surface area contributed by atoms with Gasteiger partial charge in [-0.25, -0.2) is 0 Å². The van der Waals surface area contributed by atoms with Crippen LogP contribution in [0, 0.1) is 11.3 Å². The van der Waals surface area contributed by atoms with Gasteiger partial charge in [-0.05, 0) is 31.5 Å². The normalized spacial score (nSPS) is 20.1. The smallest absolute Gasteiger partial charge is 0.265 e. The summed E-state index contributed by atoms with van der Waals surface area (Å²) in [6, 6.07) is 7.56. The molecule has 0 saturated heterocycles. The van der Waals surface area contributed by atoms with Gasteiger partial charge >= 0.3 is 0 Å². The van der Waals surface area contributed by atoms with Crippen LogP contribution in [0.15, 0.2) is 18.2 Å². The van der Waals surface area contributed by atoms with Crippen LogP contribution < -0.4 is 10.1 Å². The fourth-order valence-electron chi connectivity index (χ4n) is 1.56. The van der Waals surface area contributed by atoms with Gasteiger partial charge in [0.2, 0.25) is 0 Å². The Hall–Kier alpha value is -2.02. The van der Waals surface area contributed by atoms with E-state index in [2.05, 4.69) is 11.4 Å².